The Balaban J connectivity index is 2.25. The molecule has 0 unspecified atom stereocenters. The van der Waals surface area contributed by atoms with Gasteiger partial charge >= 0.3 is 0 Å². The second kappa shape index (κ2) is 8.76. The lowest BCUT2D eigenvalue weighted by Gasteiger charge is -2.19. The van der Waals surface area contributed by atoms with Crippen LogP contribution in [0.3, 0.4) is 0 Å². The number of nitrogens with zero attached hydrogens (tertiary/aromatic N) is 1. The molecule has 2 aromatic carbocycles. The summed E-state index contributed by atoms with van der Waals surface area (Å²) in [4.78, 5) is 2.95. The van der Waals surface area contributed by atoms with Gasteiger partial charge in [0.25, 0.3) is 20.2 Å². The quantitative estimate of drug-likeness (QED) is 0.263. The van der Waals surface area contributed by atoms with E-state index >= 15 is 0 Å². The molecule has 35 heavy (non-hydrogen) atoms. The summed E-state index contributed by atoms with van der Waals surface area (Å²) in [6.07, 6.45) is 0. The molecule has 0 amide bonds. The molecule has 1 aliphatic carbocycles. The largest absolute Gasteiger partial charge is 0.456 e. The molecular formula is C24H24N2O7S2. The van der Waals surface area contributed by atoms with E-state index in [0.29, 0.717) is 39.8 Å². The topological polar surface area (TPSA) is 146 Å². The molecule has 0 bridgehead atoms. The van der Waals surface area contributed by atoms with Gasteiger partial charge in [-0.15, -0.1) is 0 Å². The van der Waals surface area contributed by atoms with E-state index in [2.05, 4.69) is 10.3 Å². The van der Waals surface area contributed by atoms with Crippen molar-refractivity contribution in [2.45, 2.75) is 30.6 Å². The highest BCUT2D eigenvalue weighted by Crippen LogP contribution is 2.44. The van der Waals surface area contributed by atoms with Crippen molar-refractivity contribution in [3.05, 3.63) is 58.9 Å². The molecule has 0 atom stereocenters. The van der Waals surface area contributed by atoms with E-state index in [-0.39, 0.29) is 5.56 Å². The molecule has 9 nitrogen and oxygen atoms in total. The maximum absolute atomic E-state index is 12.4. The molecule has 3 N–H and O–H groups in total. The number of nitrogens with one attached hydrogen (secondary N) is 1. The van der Waals surface area contributed by atoms with Crippen molar-refractivity contribution in [1.29, 1.82) is 0 Å². The third kappa shape index (κ3) is 4.55. The molecule has 2 aliphatic rings. The van der Waals surface area contributed by atoms with Crippen LogP contribution in [0, 0.1) is 13.8 Å². The summed E-state index contributed by atoms with van der Waals surface area (Å²) in [6.45, 7) is 6.37. The third-order valence-electron chi connectivity index (χ3n) is 5.79. The van der Waals surface area contributed by atoms with E-state index < -0.39 is 30.0 Å². The molecule has 11 heteroatoms. The van der Waals surface area contributed by atoms with Crippen LogP contribution < -0.4 is 10.7 Å². The second-order valence-electron chi connectivity index (χ2n) is 8.14. The minimum atomic E-state index is -4.89. The molecule has 0 radical (unpaired) electrons. The highest BCUT2D eigenvalue weighted by atomic mass is 32.2. The van der Waals surface area contributed by atoms with Crippen molar-refractivity contribution in [3.8, 4) is 22.5 Å². The average Bonchev–Trinajstić information content (AvgIpc) is 2.77. The molecule has 1 aliphatic heterocycles. The summed E-state index contributed by atoms with van der Waals surface area (Å²) >= 11 is 0. The molecular weight excluding hydrogens is 492 g/mol. The summed E-state index contributed by atoms with van der Waals surface area (Å²) < 4.78 is 73.8. The number of fused-ring (bicyclic) bond motifs is 2. The minimum Gasteiger partial charge on any atom is -0.456 e. The maximum Gasteiger partial charge on any atom is 0.295 e. The monoisotopic (exact) mass is 516 g/mol. The number of aryl methyl sites for hydroxylation is 2. The van der Waals surface area contributed by atoms with E-state index in [4.69, 9.17) is 4.42 Å². The fourth-order valence-corrected chi connectivity index (χ4v) is 5.49. The molecule has 4 rings (SSSR count). The van der Waals surface area contributed by atoms with Crippen molar-refractivity contribution in [3.63, 3.8) is 0 Å². The molecule has 2 aromatic rings. The SMILES string of the molecule is CCNc1cc2oc3cc(=NC)c(C)cc-3c(-c3ccc(S(=O)(=O)O)cc3S(=O)(=O)O)c2cc1C. The zero-order chi connectivity index (χ0) is 25.7. The van der Waals surface area contributed by atoms with Gasteiger partial charge in [-0.25, -0.2) is 0 Å². The molecule has 184 valence electrons. The highest BCUT2D eigenvalue weighted by molar-refractivity contribution is 7.86. The number of benzene rings is 3. The van der Waals surface area contributed by atoms with Gasteiger partial charge in [-0.3, -0.25) is 14.1 Å². The van der Waals surface area contributed by atoms with Crippen LogP contribution in [0.4, 0.5) is 5.69 Å². The fraction of sp³-hybridized carbons (Fsp3) is 0.208. The van der Waals surface area contributed by atoms with Gasteiger partial charge in [-0.1, -0.05) is 6.07 Å². The zero-order valence-corrected chi connectivity index (χ0v) is 21.1. The van der Waals surface area contributed by atoms with Crippen LogP contribution in [-0.4, -0.2) is 39.5 Å². The number of hydrogen-bond donors (Lipinski definition) is 3. The summed E-state index contributed by atoms with van der Waals surface area (Å²) in [7, 11) is -7.96. The standard InChI is InChI=1S/C24H24N2O7S2/c1-5-26-20-12-22-18(9-14(20)3)24(17-8-13(2)19(25-4)11-21(17)33-22)16-7-6-15(34(27,28)29)10-23(16)35(30,31)32/h6-12,26H,5H2,1-4H3,(H,27,28,29)(H,30,31,32). The van der Waals surface area contributed by atoms with Gasteiger partial charge in [0.2, 0.25) is 0 Å². The van der Waals surface area contributed by atoms with E-state index in [1.165, 1.54) is 6.07 Å². The van der Waals surface area contributed by atoms with Gasteiger partial charge in [0.05, 0.1) is 10.3 Å². The third-order valence-corrected chi connectivity index (χ3v) is 7.53. The summed E-state index contributed by atoms with van der Waals surface area (Å²) in [5.74, 6) is 0.421. The normalized spacial score (nSPS) is 13.0. The van der Waals surface area contributed by atoms with E-state index in [1.54, 1.807) is 25.2 Å². The second-order valence-corrected chi connectivity index (χ2v) is 10.9. The molecule has 0 saturated carbocycles. The highest BCUT2D eigenvalue weighted by Gasteiger charge is 2.26. The maximum atomic E-state index is 12.4. The lowest BCUT2D eigenvalue weighted by atomic mass is 9.91. The average molecular weight is 517 g/mol. The van der Waals surface area contributed by atoms with Crippen LogP contribution in [0.25, 0.3) is 33.4 Å². The van der Waals surface area contributed by atoms with Crippen LogP contribution in [0.5, 0.6) is 0 Å². The zero-order valence-electron chi connectivity index (χ0n) is 19.4. The van der Waals surface area contributed by atoms with Crippen molar-refractivity contribution in [2.75, 3.05) is 18.9 Å². The summed E-state index contributed by atoms with van der Waals surface area (Å²) in [5.41, 5.74) is 3.98. The first-order valence-electron chi connectivity index (χ1n) is 10.6. The van der Waals surface area contributed by atoms with Crippen LogP contribution in [0.1, 0.15) is 18.1 Å². The molecule has 0 aromatic heterocycles. The van der Waals surface area contributed by atoms with E-state index in [1.807, 2.05) is 26.8 Å². The predicted molar refractivity (Wildman–Crippen MR) is 133 cm³/mol. The van der Waals surface area contributed by atoms with Crippen molar-refractivity contribution >= 4 is 36.9 Å². The Morgan fingerprint density at radius 1 is 0.914 bits per heavy atom. The van der Waals surface area contributed by atoms with Gasteiger partial charge in [-0.05, 0) is 56.2 Å². The predicted octanol–water partition coefficient (Wildman–Crippen LogP) is 4.28. The first kappa shape index (κ1) is 24.9. The van der Waals surface area contributed by atoms with Crippen LogP contribution in [0.15, 0.2) is 61.7 Å². The number of hydrogen-bond acceptors (Lipinski definition) is 7. The number of anilines is 1. The Labute approximate surface area is 203 Å². The molecule has 0 saturated heterocycles. The first-order chi connectivity index (χ1) is 16.3. The fourth-order valence-electron chi connectivity index (χ4n) is 4.18. The van der Waals surface area contributed by atoms with E-state index in [0.717, 1.165) is 28.9 Å². The van der Waals surface area contributed by atoms with Crippen molar-refractivity contribution < 1.29 is 30.4 Å². The molecule has 0 spiro atoms. The van der Waals surface area contributed by atoms with Gasteiger partial charge in [0.15, 0.2) is 0 Å². The molecule has 1 heterocycles. The Morgan fingerprint density at radius 2 is 1.63 bits per heavy atom. The van der Waals surface area contributed by atoms with Crippen LogP contribution >= 0.6 is 0 Å². The Hall–Kier alpha value is -3.25. The Bertz CT molecular complexity index is 1740. The Morgan fingerprint density at radius 3 is 2.23 bits per heavy atom. The molecule has 0 fully saturated rings. The lowest BCUT2D eigenvalue weighted by Crippen LogP contribution is -2.09. The lowest BCUT2D eigenvalue weighted by molar-refractivity contribution is 0.481. The summed E-state index contributed by atoms with van der Waals surface area (Å²) in [6, 6.07) is 10.3. The minimum absolute atomic E-state index is 0.0573. The number of rotatable bonds is 5. The van der Waals surface area contributed by atoms with Gasteiger partial charge in [0, 0.05) is 53.5 Å². The van der Waals surface area contributed by atoms with Crippen molar-refractivity contribution in [1.82, 2.24) is 0 Å². The smallest absolute Gasteiger partial charge is 0.295 e. The van der Waals surface area contributed by atoms with Crippen molar-refractivity contribution in [2.24, 2.45) is 4.99 Å². The van der Waals surface area contributed by atoms with Crippen LogP contribution in [0.2, 0.25) is 0 Å². The summed E-state index contributed by atoms with van der Waals surface area (Å²) in [5, 5.41) is 4.50. The van der Waals surface area contributed by atoms with Gasteiger partial charge < -0.3 is 9.73 Å². The first-order valence-corrected chi connectivity index (χ1v) is 13.5. The Kier molecular flexibility index (Phi) is 6.22. The van der Waals surface area contributed by atoms with Crippen LogP contribution in [-0.2, 0) is 20.2 Å². The van der Waals surface area contributed by atoms with Gasteiger partial charge in [0.1, 0.15) is 16.2 Å². The van der Waals surface area contributed by atoms with E-state index in [9.17, 15) is 25.9 Å². The van der Waals surface area contributed by atoms with Gasteiger partial charge in [-0.2, -0.15) is 16.8 Å².